The topological polar surface area (TPSA) is 68.1 Å². The van der Waals surface area contributed by atoms with Gasteiger partial charge in [-0.25, -0.2) is 8.42 Å². The number of anilines is 1. The highest BCUT2D eigenvalue weighted by atomic mass is 32.2. The van der Waals surface area contributed by atoms with Crippen molar-refractivity contribution in [2.45, 2.75) is 55.9 Å². The highest BCUT2D eigenvalue weighted by molar-refractivity contribution is 7.90. The molecular formula is C19H26N4O2S. The van der Waals surface area contributed by atoms with Crippen molar-refractivity contribution in [2.24, 2.45) is 0 Å². The fraction of sp³-hybridized carbons (Fsp3) is 0.579. The second-order valence-electron chi connectivity index (χ2n) is 7.46. The molecule has 140 valence electrons. The molecule has 26 heavy (non-hydrogen) atoms. The molecule has 7 heteroatoms. The fourth-order valence-corrected chi connectivity index (χ4v) is 5.15. The molecule has 2 aliphatic heterocycles. The molecule has 1 fully saturated rings. The number of sulfone groups is 1. The number of hydrogen-bond donors (Lipinski definition) is 0. The molecule has 3 heterocycles. The van der Waals surface area contributed by atoms with Crippen molar-refractivity contribution < 1.29 is 8.42 Å². The Balaban J connectivity index is 1.63. The van der Waals surface area contributed by atoms with Gasteiger partial charge in [0.15, 0.2) is 9.84 Å². The maximum atomic E-state index is 12.2. The van der Waals surface area contributed by atoms with Crippen LogP contribution in [0, 0.1) is 0 Å². The monoisotopic (exact) mass is 374 g/mol. The lowest BCUT2D eigenvalue weighted by Crippen LogP contribution is -2.36. The molecule has 0 amide bonds. The van der Waals surface area contributed by atoms with Gasteiger partial charge in [-0.2, -0.15) is 0 Å². The van der Waals surface area contributed by atoms with Crippen LogP contribution in [-0.4, -0.2) is 42.5 Å². The first-order chi connectivity index (χ1) is 12.5. The molecule has 0 aliphatic carbocycles. The van der Waals surface area contributed by atoms with E-state index >= 15 is 0 Å². The van der Waals surface area contributed by atoms with E-state index < -0.39 is 9.84 Å². The molecule has 1 saturated heterocycles. The van der Waals surface area contributed by atoms with Crippen LogP contribution >= 0.6 is 0 Å². The highest BCUT2D eigenvalue weighted by Crippen LogP contribution is 2.33. The molecule has 0 N–H and O–H groups in total. The largest absolute Gasteiger partial charge is 0.370 e. The van der Waals surface area contributed by atoms with Crippen molar-refractivity contribution in [3.8, 4) is 0 Å². The number of hydrogen-bond acceptors (Lipinski definition) is 5. The van der Waals surface area contributed by atoms with Crippen LogP contribution in [0.4, 0.5) is 5.69 Å². The molecule has 4 rings (SSSR count). The first kappa shape index (κ1) is 17.5. The van der Waals surface area contributed by atoms with Crippen molar-refractivity contribution in [3.63, 3.8) is 0 Å². The van der Waals surface area contributed by atoms with Crippen LogP contribution in [0.1, 0.15) is 49.7 Å². The lowest BCUT2D eigenvalue weighted by molar-refractivity contribution is 0.464. The van der Waals surface area contributed by atoms with Gasteiger partial charge >= 0.3 is 0 Å². The number of aryl methyl sites for hydroxylation is 1. The van der Waals surface area contributed by atoms with Crippen molar-refractivity contribution >= 4 is 15.5 Å². The summed E-state index contributed by atoms with van der Waals surface area (Å²) >= 11 is 0. The Labute approximate surface area is 155 Å². The Morgan fingerprint density at radius 2 is 1.88 bits per heavy atom. The summed E-state index contributed by atoms with van der Waals surface area (Å²) in [4.78, 5) is 2.63. The molecule has 6 nitrogen and oxygen atoms in total. The van der Waals surface area contributed by atoms with Crippen LogP contribution in [0.5, 0.6) is 0 Å². The van der Waals surface area contributed by atoms with Crippen LogP contribution in [0.2, 0.25) is 0 Å². The molecule has 0 unspecified atom stereocenters. The Morgan fingerprint density at radius 3 is 2.73 bits per heavy atom. The maximum Gasteiger partial charge on any atom is 0.177 e. The van der Waals surface area contributed by atoms with E-state index in [2.05, 4.69) is 19.7 Å². The molecular weight excluding hydrogens is 348 g/mol. The Morgan fingerprint density at radius 1 is 1.04 bits per heavy atom. The van der Waals surface area contributed by atoms with Crippen molar-refractivity contribution in [1.82, 2.24) is 14.8 Å². The summed E-state index contributed by atoms with van der Waals surface area (Å²) in [6, 6.07) is 7.33. The second kappa shape index (κ2) is 7.02. The minimum absolute atomic E-state index is 0.302. The lowest BCUT2D eigenvalue weighted by Gasteiger charge is -2.35. The molecule has 0 bridgehead atoms. The summed E-state index contributed by atoms with van der Waals surface area (Å²) in [6.45, 7) is 2.68. The third kappa shape index (κ3) is 3.37. The fourth-order valence-electron chi connectivity index (χ4n) is 4.25. The van der Waals surface area contributed by atoms with E-state index in [9.17, 15) is 8.42 Å². The number of benzene rings is 1. The summed E-state index contributed by atoms with van der Waals surface area (Å²) in [5.74, 6) is 2.50. The van der Waals surface area contributed by atoms with Gasteiger partial charge in [-0.1, -0.05) is 18.6 Å². The van der Waals surface area contributed by atoms with E-state index in [1.54, 1.807) is 12.1 Å². The summed E-state index contributed by atoms with van der Waals surface area (Å²) in [7, 11) is -3.25. The molecule has 2 aliphatic rings. The summed E-state index contributed by atoms with van der Waals surface area (Å²) in [5, 5.41) is 8.98. The van der Waals surface area contributed by atoms with Gasteiger partial charge in [0.05, 0.1) is 10.6 Å². The number of aromatic nitrogens is 3. The molecule has 0 saturated carbocycles. The van der Waals surface area contributed by atoms with Crippen LogP contribution in [-0.2, 0) is 22.8 Å². The summed E-state index contributed by atoms with van der Waals surface area (Å²) in [6.07, 6.45) is 8.04. The van der Waals surface area contributed by atoms with Crippen LogP contribution in [0.25, 0.3) is 0 Å². The average molecular weight is 375 g/mol. The molecule has 2 aromatic rings. The van der Waals surface area contributed by atoms with Gasteiger partial charge in [-0.05, 0) is 37.8 Å². The quantitative estimate of drug-likeness (QED) is 0.826. The molecule has 1 aromatic heterocycles. The van der Waals surface area contributed by atoms with Crippen LogP contribution < -0.4 is 4.90 Å². The van der Waals surface area contributed by atoms with Gasteiger partial charge in [-0.3, -0.25) is 0 Å². The summed E-state index contributed by atoms with van der Waals surface area (Å²) in [5.41, 5.74) is 0.815. The van der Waals surface area contributed by atoms with Gasteiger partial charge in [-0.15, -0.1) is 10.2 Å². The number of piperidine rings is 1. The first-order valence-electron chi connectivity index (χ1n) is 9.50. The third-order valence-corrected chi connectivity index (χ3v) is 6.67. The van der Waals surface area contributed by atoms with Crippen molar-refractivity contribution in [3.05, 3.63) is 35.9 Å². The van der Waals surface area contributed by atoms with Crippen LogP contribution in [0.15, 0.2) is 29.2 Å². The zero-order chi connectivity index (χ0) is 18.1. The number of para-hydroxylation sites is 1. The van der Waals surface area contributed by atoms with Crippen LogP contribution in [0.3, 0.4) is 0 Å². The minimum Gasteiger partial charge on any atom is -0.370 e. The SMILES string of the molecule is CS(=O)(=O)c1ccccc1N1CCC[C@H](c2nnc3n2CCCCC3)C1. The van der Waals surface area contributed by atoms with Crippen molar-refractivity contribution in [2.75, 3.05) is 24.2 Å². The van der Waals surface area contributed by atoms with E-state index in [1.165, 1.54) is 25.5 Å². The molecule has 0 spiro atoms. The Hall–Kier alpha value is -1.89. The van der Waals surface area contributed by atoms with E-state index in [0.29, 0.717) is 10.8 Å². The van der Waals surface area contributed by atoms with E-state index in [1.807, 2.05) is 12.1 Å². The normalized spacial score (nSPS) is 21.3. The molecule has 1 atom stereocenters. The predicted molar refractivity (Wildman–Crippen MR) is 101 cm³/mol. The zero-order valence-corrected chi connectivity index (χ0v) is 16.1. The lowest BCUT2D eigenvalue weighted by atomic mass is 9.96. The Kier molecular flexibility index (Phi) is 4.73. The van der Waals surface area contributed by atoms with E-state index in [-0.39, 0.29) is 0 Å². The van der Waals surface area contributed by atoms with Crippen molar-refractivity contribution in [1.29, 1.82) is 0 Å². The standard InChI is InChI=1S/C19H26N4O2S/c1-26(24,25)17-10-5-4-9-16(17)22-12-7-8-15(14-22)19-21-20-18-11-3-2-6-13-23(18)19/h4-5,9-10,15H,2-3,6-8,11-14H2,1H3/t15-/m0/s1. The highest BCUT2D eigenvalue weighted by Gasteiger charge is 2.29. The smallest absolute Gasteiger partial charge is 0.177 e. The number of fused-ring (bicyclic) bond motifs is 1. The van der Waals surface area contributed by atoms with Gasteiger partial charge in [0.2, 0.25) is 0 Å². The van der Waals surface area contributed by atoms with E-state index in [0.717, 1.165) is 56.2 Å². The van der Waals surface area contributed by atoms with Gasteiger partial charge in [0, 0.05) is 38.2 Å². The maximum absolute atomic E-state index is 12.2. The minimum atomic E-state index is -3.25. The number of rotatable bonds is 3. The second-order valence-corrected chi connectivity index (χ2v) is 9.45. The van der Waals surface area contributed by atoms with Gasteiger partial charge in [0.25, 0.3) is 0 Å². The summed E-state index contributed by atoms with van der Waals surface area (Å²) < 4.78 is 26.7. The third-order valence-electron chi connectivity index (χ3n) is 5.53. The van der Waals surface area contributed by atoms with E-state index in [4.69, 9.17) is 0 Å². The Bertz CT molecular complexity index is 891. The first-order valence-corrected chi connectivity index (χ1v) is 11.4. The average Bonchev–Trinajstić information content (AvgIpc) is 2.90. The van der Waals surface area contributed by atoms with Gasteiger partial charge in [0.1, 0.15) is 11.6 Å². The zero-order valence-electron chi connectivity index (χ0n) is 15.3. The molecule has 1 aromatic carbocycles. The predicted octanol–water partition coefficient (Wildman–Crippen LogP) is 2.79. The van der Waals surface area contributed by atoms with Gasteiger partial charge < -0.3 is 9.47 Å². The molecule has 0 radical (unpaired) electrons. The number of nitrogens with zero attached hydrogens (tertiary/aromatic N) is 4.